The van der Waals surface area contributed by atoms with E-state index in [1.54, 1.807) is 11.3 Å². The van der Waals surface area contributed by atoms with Crippen LogP contribution in [0.2, 0.25) is 5.02 Å². The molecule has 0 spiro atoms. The van der Waals surface area contributed by atoms with Gasteiger partial charge in [-0.1, -0.05) is 29.8 Å². The van der Waals surface area contributed by atoms with Crippen LogP contribution in [0.3, 0.4) is 0 Å². The summed E-state index contributed by atoms with van der Waals surface area (Å²) in [6.45, 7) is 2.04. The number of aryl methyl sites for hydroxylation is 1. The fourth-order valence-corrected chi connectivity index (χ4v) is 4.06. The van der Waals surface area contributed by atoms with Crippen LogP contribution in [0.5, 0.6) is 0 Å². The van der Waals surface area contributed by atoms with Crippen LogP contribution in [0.25, 0.3) is 21.3 Å². The number of nitrogens with two attached hydrogens (primary N) is 1. The second kappa shape index (κ2) is 6.47. The topological polar surface area (TPSA) is 51.8 Å². The van der Waals surface area contributed by atoms with Gasteiger partial charge in [0.05, 0.1) is 15.2 Å². The highest BCUT2D eigenvalue weighted by molar-refractivity contribution is 7.18. The molecule has 0 amide bonds. The molecule has 3 nitrogen and oxygen atoms in total. The highest BCUT2D eigenvalue weighted by Gasteiger charge is 2.12. The molecule has 124 valence electrons. The van der Waals surface area contributed by atoms with Crippen molar-refractivity contribution >= 4 is 39.0 Å². The number of rotatable bonds is 3. The van der Waals surface area contributed by atoms with E-state index in [0.29, 0.717) is 5.82 Å². The normalized spacial score (nSPS) is 11.1. The molecule has 2 heterocycles. The van der Waals surface area contributed by atoms with Crippen molar-refractivity contribution in [2.45, 2.75) is 13.3 Å². The van der Waals surface area contributed by atoms with Crippen LogP contribution >= 0.6 is 22.9 Å². The average Bonchev–Trinajstić information content (AvgIpc) is 2.96. The summed E-state index contributed by atoms with van der Waals surface area (Å²) in [5.74, 6) is 0.539. The average molecular weight is 366 g/mol. The first kappa shape index (κ1) is 16.1. The Kier molecular flexibility index (Phi) is 4.15. The number of thiazole rings is 1. The Morgan fingerprint density at radius 3 is 2.72 bits per heavy atom. The Bertz CT molecular complexity index is 1050. The second-order valence-electron chi connectivity index (χ2n) is 6.00. The van der Waals surface area contributed by atoms with Gasteiger partial charge in [0, 0.05) is 16.8 Å². The van der Waals surface area contributed by atoms with Crippen molar-refractivity contribution < 1.29 is 0 Å². The second-order valence-corrected chi connectivity index (χ2v) is 7.67. The lowest BCUT2D eigenvalue weighted by molar-refractivity contribution is 1.15. The number of benzene rings is 2. The molecule has 0 aliphatic heterocycles. The lowest BCUT2D eigenvalue weighted by Crippen LogP contribution is -1.94. The molecule has 4 aromatic rings. The van der Waals surface area contributed by atoms with Gasteiger partial charge >= 0.3 is 0 Å². The van der Waals surface area contributed by atoms with Crippen LogP contribution in [0.4, 0.5) is 5.82 Å². The van der Waals surface area contributed by atoms with E-state index >= 15 is 0 Å². The van der Waals surface area contributed by atoms with Crippen molar-refractivity contribution in [1.82, 2.24) is 9.97 Å². The Morgan fingerprint density at radius 1 is 1.08 bits per heavy atom. The van der Waals surface area contributed by atoms with Gasteiger partial charge in [0.25, 0.3) is 0 Å². The van der Waals surface area contributed by atoms with Crippen LogP contribution < -0.4 is 5.73 Å². The fourth-order valence-electron chi connectivity index (χ4n) is 2.95. The summed E-state index contributed by atoms with van der Waals surface area (Å²) in [6, 6.07) is 16.2. The SMILES string of the molecule is Cc1nc2c(-c3cccc(Cl)c3)cc(Cc3ccc(N)nc3)cc2s1. The molecule has 25 heavy (non-hydrogen) atoms. The van der Waals surface area contributed by atoms with Crippen molar-refractivity contribution in [1.29, 1.82) is 0 Å². The van der Waals surface area contributed by atoms with E-state index in [1.807, 2.05) is 43.5 Å². The van der Waals surface area contributed by atoms with Crippen LogP contribution in [-0.4, -0.2) is 9.97 Å². The number of halogens is 1. The molecule has 0 unspecified atom stereocenters. The van der Waals surface area contributed by atoms with Gasteiger partial charge in [0.1, 0.15) is 5.82 Å². The largest absolute Gasteiger partial charge is 0.384 e. The fraction of sp³-hybridized carbons (Fsp3) is 0.100. The number of hydrogen-bond acceptors (Lipinski definition) is 4. The van der Waals surface area contributed by atoms with E-state index in [2.05, 4.69) is 23.2 Å². The minimum Gasteiger partial charge on any atom is -0.384 e. The first-order valence-corrected chi connectivity index (χ1v) is 9.14. The van der Waals surface area contributed by atoms with E-state index in [4.69, 9.17) is 22.3 Å². The first-order valence-electron chi connectivity index (χ1n) is 7.95. The van der Waals surface area contributed by atoms with Crippen LogP contribution in [-0.2, 0) is 6.42 Å². The number of anilines is 1. The molecule has 5 heteroatoms. The van der Waals surface area contributed by atoms with Gasteiger partial charge in [-0.15, -0.1) is 11.3 Å². The molecule has 0 aliphatic rings. The highest BCUT2D eigenvalue weighted by atomic mass is 35.5. The van der Waals surface area contributed by atoms with Crippen molar-refractivity contribution in [3.8, 4) is 11.1 Å². The maximum atomic E-state index is 6.20. The first-order chi connectivity index (χ1) is 12.1. The lowest BCUT2D eigenvalue weighted by atomic mass is 9.98. The lowest BCUT2D eigenvalue weighted by Gasteiger charge is -2.08. The molecule has 2 aromatic carbocycles. The standard InChI is InChI=1S/C20H16ClN3S/c1-12-24-20-17(15-3-2-4-16(21)10-15)8-14(9-18(20)25-12)7-13-5-6-19(22)23-11-13/h2-6,8-11H,7H2,1H3,(H2,22,23). The van der Waals surface area contributed by atoms with Gasteiger partial charge in [-0.05, 0) is 60.4 Å². The van der Waals surface area contributed by atoms with Gasteiger partial charge in [0.15, 0.2) is 0 Å². The predicted octanol–water partition coefficient (Wildman–Crippen LogP) is 5.49. The summed E-state index contributed by atoms with van der Waals surface area (Å²) in [4.78, 5) is 8.91. The summed E-state index contributed by atoms with van der Waals surface area (Å²) in [5.41, 5.74) is 11.3. The number of fused-ring (bicyclic) bond motifs is 1. The molecular formula is C20H16ClN3S. The smallest absolute Gasteiger partial charge is 0.123 e. The number of aromatic nitrogens is 2. The van der Waals surface area contributed by atoms with E-state index in [1.165, 1.54) is 10.3 Å². The zero-order chi connectivity index (χ0) is 17.4. The summed E-state index contributed by atoms with van der Waals surface area (Å²) >= 11 is 7.91. The predicted molar refractivity (Wildman–Crippen MR) is 106 cm³/mol. The molecule has 2 N–H and O–H groups in total. The van der Waals surface area contributed by atoms with Crippen LogP contribution in [0.15, 0.2) is 54.7 Å². The van der Waals surface area contributed by atoms with Gasteiger partial charge < -0.3 is 5.73 Å². The molecule has 0 saturated carbocycles. The minimum atomic E-state index is 0.539. The van der Waals surface area contributed by atoms with E-state index in [9.17, 15) is 0 Å². The van der Waals surface area contributed by atoms with E-state index in [-0.39, 0.29) is 0 Å². The van der Waals surface area contributed by atoms with E-state index in [0.717, 1.165) is 38.7 Å². The Balaban J connectivity index is 1.84. The molecule has 0 bridgehead atoms. The highest BCUT2D eigenvalue weighted by Crippen LogP contribution is 2.34. The van der Waals surface area contributed by atoms with Gasteiger partial charge in [-0.25, -0.2) is 9.97 Å². The number of pyridine rings is 1. The summed E-state index contributed by atoms with van der Waals surface area (Å²) in [5, 5.41) is 1.79. The maximum absolute atomic E-state index is 6.20. The monoisotopic (exact) mass is 365 g/mol. The van der Waals surface area contributed by atoms with Gasteiger partial charge in [-0.3, -0.25) is 0 Å². The van der Waals surface area contributed by atoms with E-state index < -0.39 is 0 Å². The third-order valence-corrected chi connectivity index (χ3v) is 5.21. The molecule has 2 aromatic heterocycles. The van der Waals surface area contributed by atoms with Crippen LogP contribution in [0, 0.1) is 6.92 Å². The van der Waals surface area contributed by atoms with Crippen molar-refractivity contribution in [2.75, 3.05) is 5.73 Å². The Morgan fingerprint density at radius 2 is 1.96 bits per heavy atom. The Labute approximate surface area is 155 Å². The number of nitrogen functional groups attached to an aromatic ring is 1. The van der Waals surface area contributed by atoms with Crippen LogP contribution in [0.1, 0.15) is 16.1 Å². The molecule has 0 aliphatic carbocycles. The summed E-state index contributed by atoms with van der Waals surface area (Å²) in [6.07, 6.45) is 2.63. The minimum absolute atomic E-state index is 0.539. The van der Waals surface area contributed by atoms with Crippen molar-refractivity contribution in [2.24, 2.45) is 0 Å². The third kappa shape index (κ3) is 3.36. The molecular weight excluding hydrogens is 350 g/mol. The van der Waals surface area contributed by atoms with Gasteiger partial charge in [0.2, 0.25) is 0 Å². The zero-order valence-corrected chi connectivity index (χ0v) is 15.2. The molecule has 0 atom stereocenters. The zero-order valence-electron chi connectivity index (χ0n) is 13.7. The molecule has 0 fully saturated rings. The summed E-state index contributed by atoms with van der Waals surface area (Å²) < 4.78 is 1.19. The number of hydrogen-bond donors (Lipinski definition) is 1. The molecule has 0 saturated heterocycles. The van der Waals surface area contributed by atoms with Crippen molar-refractivity contribution in [3.63, 3.8) is 0 Å². The third-order valence-electron chi connectivity index (χ3n) is 4.05. The quantitative estimate of drug-likeness (QED) is 0.522. The van der Waals surface area contributed by atoms with Crippen molar-refractivity contribution in [3.05, 3.63) is 75.9 Å². The van der Waals surface area contributed by atoms with Gasteiger partial charge in [-0.2, -0.15) is 0 Å². The molecule has 0 radical (unpaired) electrons. The summed E-state index contributed by atoms with van der Waals surface area (Å²) in [7, 11) is 0. The number of nitrogens with zero attached hydrogens (tertiary/aromatic N) is 2. The molecule has 4 rings (SSSR count). The Hall–Kier alpha value is -2.43. The maximum Gasteiger partial charge on any atom is 0.123 e.